The van der Waals surface area contributed by atoms with Gasteiger partial charge in [0, 0.05) is 86.4 Å². The molecule has 362 valence electrons. The topological polar surface area (TPSA) is 189 Å². The minimum absolute atomic E-state index is 0.00932. The standard InChI is InChI=1S/C50H66Cl2N8O7/c1-30(2)23-40(45(64)56-42(31(3)4)46(65)60-29-36(61)24-39(60)44(63)55-27-32-9-13-35(51)14-10-32)66-22-21-58-17-19-59(20-18-58)41-16-12-34(28-54-41)43(62)57-47-49(5,6)48(50(47,7)8)67-37-15-11-33(26-53)38(52)25-37/h9-16,25,28,30-31,36,39-40,42,47-48,61H,17-24,27,29H2,1-8H3,(H,55,63)(H,56,64)(H,57,62)/t36-,39+,40?,42?,47-,48-/m1/s1. The van der Waals surface area contributed by atoms with Crippen molar-refractivity contribution in [1.29, 1.82) is 5.26 Å². The van der Waals surface area contributed by atoms with E-state index in [4.69, 9.17) is 32.7 Å². The van der Waals surface area contributed by atoms with Crippen molar-refractivity contribution in [3.63, 3.8) is 0 Å². The third-order valence-electron chi connectivity index (χ3n) is 13.3. The van der Waals surface area contributed by atoms with Gasteiger partial charge in [-0.05, 0) is 60.2 Å². The number of carbonyl (C=O) groups excluding carboxylic acids is 4. The number of amides is 4. The minimum Gasteiger partial charge on any atom is -0.489 e. The van der Waals surface area contributed by atoms with Gasteiger partial charge in [0.05, 0.1) is 28.9 Å². The smallest absolute Gasteiger partial charge is 0.253 e. The highest BCUT2D eigenvalue weighted by Gasteiger charge is 2.64. The quantitative estimate of drug-likeness (QED) is 0.120. The monoisotopic (exact) mass is 960 g/mol. The summed E-state index contributed by atoms with van der Waals surface area (Å²) < 4.78 is 12.6. The first-order valence-electron chi connectivity index (χ1n) is 23.2. The number of ether oxygens (including phenoxy) is 2. The molecule has 6 rings (SSSR count). The zero-order valence-corrected chi connectivity index (χ0v) is 41.4. The van der Waals surface area contributed by atoms with Crippen LogP contribution in [-0.2, 0) is 25.7 Å². The molecule has 4 atom stereocenters. The molecule has 17 heteroatoms. The molecular weight excluding hydrogens is 896 g/mol. The van der Waals surface area contributed by atoms with Crippen molar-refractivity contribution >= 4 is 52.6 Å². The molecule has 2 unspecified atom stereocenters. The maximum absolute atomic E-state index is 14.0. The highest BCUT2D eigenvalue weighted by atomic mass is 35.5. The van der Waals surface area contributed by atoms with Gasteiger partial charge < -0.3 is 40.3 Å². The Balaban J connectivity index is 0.961. The fourth-order valence-corrected chi connectivity index (χ4v) is 10.2. The lowest BCUT2D eigenvalue weighted by Gasteiger charge is -2.63. The van der Waals surface area contributed by atoms with Gasteiger partial charge >= 0.3 is 0 Å². The zero-order valence-electron chi connectivity index (χ0n) is 39.9. The summed E-state index contributed by atoms with van der Waals surface area (Å²) in [6.45, 7) is 20.0. The number of hydrogen-bond acceptors (Lipinski definition) is 11. The molecule has 1 saturated carbocycles. The van der Waals surface area contributed by atoms with Crippen molar-refractivity contribution in [1.82, 2.24) is 30.7 Å². The maximum Gasteiger partial charge on any atom is 0.253 e. The van der Waals surface area contributed by atoms with Gasteiger partial charge in [0.1, 0.15) is 41.9 Å². The predicted octanol–water partition coefficient (Wildman–Crippen LogP) is 5.84. The fraction of sp³-hybridized carbons (Fsp3) is 0.560. The summed E-state index contributed by atoms with van der Waals surface area (Å²) in [5, 5.41) is 29.8. The molecule has 3 fully saturated rings. The molecule has 3 aromatic rings. The number of pyridine rings is 1. The molecule has 1 aliphatic carbocycles. The van der Waals surface area contributed by atoms with Crippen LogP contribution < -0.4 is 25.6 Å². The molecule has 2 aromatic carbocycles. The molecule has 3 heterocycles. The van der Waals surface area contributed by atoms with Crippen molar-refractivity contribution in [3.05, 3.63) is 87.5 Å². The van der Waals surface area contributed by atoms with Crippen molar-refractivity contribution in [2.45, 2.75) is 111 Å². The van der Waals surface area contributed by atoms with Crippen molar-refractivity contribution in [2.75, 3.05) is 50.8 Å². The Kier molecular flexibility index (Phi) is 16.9. The predicted molar refractivity (Wildman–Crippen MR) is 258 cm³/mol. The first kappa shape index (κ1) is 51.4. The second-order valence-electron chi connectivity index (χ2n) is 20.0. The lowest BCUT2D eigenvalue weighted by Crippen LogP contribution is -2.74. The second-order valence-corrected chi connectivity index (χ2v) is 20.8. The van der Waals surface area contributed by atoms with Crippen LogP contribution in [-0.4, -0.2) is 126 Å². The van der Waals surface area contributed by atoms with Crippen molar-refractivity contribution in [2.24, 2.45) is 22.7 Å². The van der Waals surface area contributed by atoms with Crippen LogP contribution in [0.15, 0.2) is 60.8 Å². The van der Waals surface area contributed by atoms with Crippen LogP contribution in [0.1, 0.15) is 89.7 Å². The number of aliphatic hydroxyl groups is 1. The number of anilines is 1. The van der Waals surface area contributed by atoms with Gasteiger partial charge in [0.15, 0.2) is 0 Å². The minimum atomic E-state index is -0.926. The molecule has 1 aromatic heterocycles. The number of likely N-dealkylation sites (tertiary alicyclic amines) is 1. The Morgan fingerprint density at radius 1 is 0.955 bits per heavy atom. The van der Waals surface area contributed by atoms with Gasteiger partial charge in [-0.25, -0.2) is 4.98 Å². The second kappa shape index (κ2) is 22.0. The van der Waals surface area contributed by atoms with Crippen LogP contribution in [0.25, 0.3) is 0 Å². The number of aliphatic hydroxyl groups excluding tert-OH is 1. The molecular formula is C50H66Cl2N8O7. The molecule has 2 aliphatic heterocycles. The van der Waals surface area contributed by atoms with E-state index >= 15 is 0 Å². The Morgan fingerprint density at radius 3 is 2.24 bits per heavy atom. The molecule has 4 N–H and O–H groups in total. The van der Waals surface area contributed by atoms with E-state index in [9.17, 15) is 29.5 Å². The summed E-state index contributed by atoms with van der Waals surface area (Å²) >= 11 is 12.3. The van der Waals surface area contributed by atoms with Crippen LogP contribution in [0.5, 0.6) is 5.75 Å². The maximum atomic E-state index is 14.0. The van der Waals surface area contributed by atoms with E-state index in [1.807, 2.05) is 45.9 Å². The lowest BCUT2D eigenvalue weighted by molar-refractivity contribution is -0.164. The van der Waals surface area contributed by atoms with E-state index in [2.05, 4.69) is 64.5 Å². The average Bonchev–Trinajstić information content (AvgIpc) is 3.69. The number of rotatable bonds is 18. The number of hydrogen-bond donors (Lipinski definition) is 4. The van der Waals surface area contributed by atoms with E-state index in [-0.39, 0.29) is 61.2 Å². The normalized spacial score (nSPS) is 22.1. The number of piperazine rings is 1. The van der Waals surface area contributed by atoms with Crippen molar-refractivity contribution in [3.8, 4) is 11.8 Å². The molecule has 0 spiro atoms. The SMILES string of the molecule is CC(C)CC(OCCN1CCN(c2ccc(C(=O)N[C@H]3C(C)(C)[C@H](Oc4ccc(C#N)c(Cl)c4)C3(C)C)cn2)CC1)C(=O)NC(C(=O)N1C[C@H](O)C[C@H]1C(=O)NCc1ccc(Cl)cc1)C(C)C. The zero-order chi connectivity index (χ0) is 48.8. The number of halogens is 2. The summed E-state index contributed by atoms with van der Waals surface area (Å²) in [6.07, 6.45) is 0.291. The van der Waals surface area contributed by atoms with Gasteiger partial charge in [0.25, 0.3) is 5.91 Å². The molecule has 0 radical (unpaired) electrons. The van der Waals surface area contributed by atoms with Crippen LogP contribution in [0.2, 0.25) is 10.0 Å². The van der Waals surface area contributed by atoms with Crippen molar-refractivity contribution < 1.29 is 33.8 Å². The number of nitriles is 1. The number of benzene rings is 2. The van der Waals surface area contributed by atoms with Gasteiger partial charge in [-0.15, -0.1) is 0 Å². The number of carbonyl (C=O) groups is 4. The highest BCUT2D eigenvalue weighted by Crippen LogP contribution is 2.55. The largest absolute Gasteiger partial charge is 0.489 e. The van der Waals surface area contributed by atoms with E-state index < -0.39 is 41.0 Å². The summed E-state index contributed by atoms with van der Waals surface area (Å²) in [7, 11) is 0. The first-order chi connectivity index (χ1) is 31.7. The molecule has 67 heavy (non-hydrogen) atoms. The van der Waals surface area contributed by atoms with E-state index in [0.717, 1.165) is 24.5 Å². The number of nitrogens with zero attached hydrogens (tertiary/aromatic N) is 5. The molecule has 15 nitrogen and oxygen atoms in total. The van der Waals surface area contributed by atoms with Gasteiger partial charge in [0.2, 0.25) is 17.7 Å². The number of aromatic nitrogens is 1. The Hall–Kier alpha value is -4.98. The van der Waals surface area contributed by atoms with Crippen LogP contribution in [0.4, 0.5) is 5.82 Å². The van der Waals surface area contributed by atoms with Crippen LogP contribution in [0, 0.1) is 34.0 Å². The molecule has 4 amide bonds. The summed E-state index contributed by atoms with van der Waals surface area (Å²) in [6, 6.07) is 15.9. The van der Waals surface area contributed by atoms with Gasteiger partial charge in [-0.3, -0.25) is 24.1 Å². The molecule has 0 bridgehead atoms. The fourth-order valence-electron chi connectivity index (χ4n) is 9.87. The van der Waals surface area contributed by atoms with E-state index in [1.165, 1.54) is 4.90 Å². The number of β-amino-alcohol motifs (C(OH)–C–C–N with tert-alkyl or cyclic N) is 1. The third kappa shape index (κ3) is 12.4. The van der Waals surface area contributed by atoms with Gasteiger partial charge in [-0.2, -0.15) is 5.26 Å². The lowest BCUT2D eigenvalue weighted by atomic mass is 9.49. The summed E-state index contributed by atoms with van der Waals surface area (Å²) in [4.78, 5) is 65.2. The highest BCUT2D eigenvalue weighted by molar-refractivity contribution is 6.31. The Morgan fingerprint density at radius 2 is 1.64 bits per heavy atom. The Bertz CT molecular complexity index is 2240. The van der Waals surface area contributed by atoms with E-state index in [1.54, 1.807) is 42.6 Å². The van der Waals surface area contributed by atoms with Crippen LogP contribution >= 0.6 is 23.2 Å². The number of nitrogens with one attached hydrogen (secondary N) is 3. The van der Waals surface area contributed by atoms with Crippen LogP contribution in [0.3, 0.4) is 0 Å². The molecule has 2 saturated heterocycles. The average molecular weight is 962 g/mol. The van der Waals surface area contributed by atoms with Gasteiger partial charge in [-0.1, -0.05) is 90.7 Å². The molecule has 3 aliphatic rings. The summed E-state index contributed by atoms with van der Waals surface area (Å²) in [5.74, 6) is -0.197. The first-order valence-corrected chi connectivity index (χ1v) is 24.0. The van der Waals surface area contributed by atoms with E-state index in [0.29, 0.717) is 59.6 Å². The Labute approximate surface area is 404 Å². The summed E-state index contributed by atoms with van der Waals surface area (Å²) in [5.41, 5.74) is 0.890. The third-order valence-corrected chi connectivity index (χ3v) is 13.9.